The van der Waals surface area contributed by atoms with Gasteiger partial charge in [-0.1, -0.05) is 38.1 Å². The van der Waals surface area contributed by atoms with E-state index in [2.05, 4.69) is 10.2 Å². The van der Waals surface area contributed by atoms with E-state index < -0.39 is 24.0 Å². The number of carboxylic acid groups (broad SMARTS) is 1. The molecule has 1 saturated heterocycles. The van der Waals surface area contributed by atoms with Crippen LogP contribution < -0.4 is 10.9 Å². The van der Waals surface area contributed by atoms with E-state index >= 15 is 0 Å². The van der Waals surface area contributed by atoms with E-state index in [1.807, 2.05) is 52.0 Å². The average Bonchev–Trinajstić information content (AvgIpc) is 2.86. The third-order valence-corrected chi connectivity index (χ3v) is 7.77. The van der Waals surface area contributed by atoms with Crippen molar-refractivity contribution >= 4 is 11.9 Å². The Hall–Kier alpha value is -3.78. The summed E-state index contributed by atoms with van der Waals surface area (Å²) in [7, 11) is 0. The van der Waals surface area contributed by atoms with Gasteiger partial charge in [0.2, 0.25) is 5.91 Å². The fraction of sp³-hybridized carbons (Fsp3) is 0.424. The first kappa shape index (κ1) is 30.2. The minimum atomic E-state index is -1.06. The van der Waals surface area contributed by atoms with Crippen LogP contribution in [0.15, 0.2) is 59.5 Å². The number of amides is 1. The van der Waals surface area contributed by atoms with Gasteiger partial charge in [0, 0.05) is 18.8 Å². The summed E-state index contributed by atoms with van der Waals surface area (Å²) in [6.45, 7) is 10.7. The molecule has 0 radical (unpaired) electrons. The molecule has 7 nitrogen and oxygen atoms in total. The Morgan fingerprint density at radius 1 is 1.05 bits per heavy atom. The van der Waals surface area contributed by atoms with Crippen molar-refractivity contribution in [2.75, 3.05) is 19.6 Å². The van der Waals surface area contributed by atoms with Crippen LogP contribution >= 0.6 is 0 Å². The van der Waals surface area contributed by atoms with E-state index in [9.17, 15) is 23.9 Å². The predicted octanol–water partition coefficient (Wildman–Crippen LogP) is 5.44. The molecule has 2 aromatic carbocycles. The van der Waals surface area contributed by atoms with Gasteiger partial charge in [0.15, 0.2) is 0 Å². The van der Waals surface area contributed by atoms with Gasteiger partial charge in [-0.3, -0.25) is 14.4 Å². The number of aromatic nitrogens is 1. The van der Waals surface area contributed by atoms with Crippen molar-refractivity contribution in [2.45, 2.75) is 65.5 Å². The van der Waals surface area contributed by atoms with E-state index in [1.165, 1.54) is 29.2 Å². The van der Waals surface area contributed by atoms with Crippen LogP contribution in [0.1, 0.15) is 67.4 Å². The van der Waals surface area contributed by atoms with Gasteiger partial charge in [0.1, 0.15) is 11.9 Å². The summed E-state index contributed by atoms with van der Waals surface area (Å²) >= 11 is 0. The highest BCUT2D eigenvalue weighted by atomic mass is 19.1. The van der Waals surface area contributed by atoms with Crippen LogP contribution in [0.25, 0.3) is 11.1 Å². The number of pyridine rings is 1. The number of carbonyl (C=O) groups excluding carboxylic acids is 1. The van der Waals surface area contributed by atoms with Crippen molar-refractivity contribution in [1.29, 1.82) is 0 Å². The van der Waals surface area contributed by atoms with Crippen LogP contribution in [-0.4, -0.2) is 46.1 Å². The van der Waals surface area contributed by atoms with Crippen molar-refractivity contribution in [3.63, 3.8) is 0 Å². The van der Waals surface area contributed by atoms with Crippen LogP contribution in [-0.2, 0) is 16.0 Å². The Labute approximate surface area is 241 Å². The number of halogens is 1. The summed E-state index contributed by atoms with van der Waals surface area (Å²) in [6, 6.07) is 12.0. The highest BCUT2D eigenvalue weighted by molar-refractivity contribution is 5.82. The summed E-state index contributed by atoms with van der Waals surface area (Å²) in [5, 5.41) is 12.7. The molecule has 0 saturated carbocycles. The standard InChI is InChI=1S/C33H40FN3O4/c1-21(2)15-29(37-20-24(9-10-30(37)38)11-14-36-12-6-13-36)33(41)35-28(19-31(39)40)25-7-5-8-26(18-25)32-22(3)16-27(34)17-23(32)4/h5,7-10,16-18,20-21,28-29H,6,11-15,19H2,1-4H3,(H,35,41)(H,39,40)/t28-,29+/m0/s1. The zero-order valence-electron chi connectivity index (χ0n) is 24.3. The summed E-state index contributed by atoms with van der Waals surface area (Å²) in [5.41, 5.74) is 4.56. The number of hydrogen-bond acceptors (Lipinski definition) is 4. The van der Waals surface area contributed by atoms with Crippen molar-refractivity contribution in [1.82, 2.24) is 14.8 Å². The molecule has 2 N–H and O–H groups in total. The minimum Gasteiger partial charge on any atom is -0.481 e. The molecule has 0 aliphatic carbocycles. The van der Waals surface area contributed by atoms with E-state index in [-0.39, 0.29) is 23.7 Å². The molecule has 2 atom stereocenters. The normalized spacial score (nSPS) is 14.9. The lowest BCUT2D eigenvalue weighted by atomic mass is 9.92. The third kappa shape index (κ3) is 7.70. The molecule has 1 aliphatic rings. The van der Waals surface area contributed by atoms with Gasteiger partial charge in [0.25, 0.3) is 5.56 Å². The SMILES string of the molecule is Cc1cc(F)cc(C)c1-c1cccc([C@H](CC(=O)O)NC(=O)[C@@H](CC(C)C)n2cc(CCN3CCC3)ccc2=O)c1. The first-order chi connectivity index (χ1) is 19.5. The second-order valence-electron chi connectivity index (χ2n) is 11.6. The van der Waals surface area contributed by atoms with E-state index in [0.717, 1.165) is 53.9 Å². The number of likely N-dealkylation sites (tertiary alicyclic amines) is 1. The molecule has 8 heteroatoms. The fourth-order valence-electron chi connectivity index (χ4n) is 5.60. The number of hydrogen-bond donors (Lipinski definition) is 2. The van der Waals surface area contributed by atoms with Crippen LogP contribution in [0.5, 0.6) is 0 Å². The molecule has 2 heterocycles. The average molecular weight is 562 g/mol. The molecule has 1 aromatic heterocycles. The predicted molar refractivity (Wildman–Crippen MR) is 158 cm³/mol. The maximum Gasteiger partial charge on any atom is 0.305 e. The van der Waals surface area contributed by atoms with Crippen molar-refractivity contribution in [2.24, 2.45) is 5.92 Å². The number of nitrogens with one attached hydrogen (secondary N) is 1. The van der Waals surface area contributed by atoms with E-state index in [4.69, 9.17) is 0 Å². The molecule has 0 spiro atoms. The minimum absolute atomic E-state index is 0.119. The number of carbonyl (C=O) groups is 2. The van der Waals surface area contributed by atoms with E-state index in [0.29, 0.717) is 12.0 Å². The van der Waals surface area contributed by atoms with Gasteiger partial charge in [-0.15, -0.1) is 0 Å². The third-order valence-electron chi connectivity index (χ3n) is 7.77. The molecule has 218 valence electrons. The Morgan fingerprint density at radius 3 is 2.37 bits per heavy atom. The van der Waals surface area contributed by atoms with Gasteiger partial charge in [-0.05, 0) is 104 Å². The van der Waals surface area contributed by atoms with Crippen molar-refractivity contribution < 1.29 is 19.1 Å². The highest BCUT2D eigenvalue weighted by Gasteiger charge is 2.27. The van der Waals surface area contributed by atoms with Gasteiger partial charge in [0.05, 0.1) is 12.5 Å². The molecule has 1 amide bonds. The summed E-state index contributed by atoms with van der Waals surface area (Å²) in [5.74, 6) is -1.65. The van der Waals surface area contributed by atoms with Crippen molar-refractivity contribution in [3.8, 4) is 11.1 Å². The second-order valence-corrected chi connectivity index (χ2v) is 11.6. The van der Waals surface area contributed by atoms with Crippen LogP contribution in [0.3, 0.4) is 0 Å². The number of nitrogens with zero attached hydrogens (tertiary/aromatic N) is 2. The first-order valence-corrected chi connectivity index (χ1v) is 14.3. The molecule has 0 bridgehead atoms. The molecule has 0 unspecified atom stereocenters. The molecule has 3 aromatic rings. The molecule has 4 rings (SSSR count). The largest absolute Gasteiger partial charge is 0.481 e. The highest BCUT2D eigenvalue weighted by Crippen LogP contribution is 2.31. The second kappa shape index (κ2) is 13.3. The quantitative estimate of drug-likeness (QED) is 0.307. The number of aryl methyl sites for hydroxylation is 2. The van der Waals surface area contributed by atoms with Gasteiger partial charge >= 0.3 is 5.97 Å². The molecular weight excluding hydrogens is 521 g/mol. The lowest BCUT2D eigenvalue weighted by Crippen LogP contribution is -2.40. The van der Waals surface area contributed by atoms with Crippen LogP contribution in [0, 0.1) is 25.6 Å². The number of aliphatic carboxylic acids is 1. The topological polar surface area (TPSA) is 91.6 Å². The Bertz CT molecular complexity index is 1440. The van der Waals surface area contributed by atoms with Crippen molar-refractivity contribution in [3.05, 3.63) is 93.2 Å². The number of carboxylic acids is 1. The molecule has 1 aliphatic heterocycles. The van der Waals surface area contributed by atoms with Gasteiger partial charge in [-0.2, -0.15) is 0 Å². The molecule has 41 heavy (non-hydrogen) atoms. The lowest BCUT2D eigenvalue weighted by molar-refractivity contribution is -0.138. The summed E-state index contributed by atoms with van der Waals surface area (Å²) in [6.07, 6.45) is 3.87. The Kier molecular flexibility index (Phi) is 9.76. The summed E-state index contributed by atoms with van der Waals surface area (Å²) < 4.78 is 15.4. The first-order valence-electron chi connectivity index (χ1n) is 14.3. The van der Waals surface area contributed by atoms with Gasteiger partial charge in [-0.25, -0.2) is 4.39 Å². The molecule has 1 fully saturated rings. The van der Waals surface area contributed by atoms with E-state index in [1.54, 1.807) is 12.3 Å². The molecular formula is C33H40FN3O4. The maximum absolute atomic E-state index is 13.9. The Balaban J connectivity index is 1.64. The smallest absolute Gasteiger partial charge is 0.305 e. The fourth-order valence-corrected chi connectivity index (χ4v) is 5.60. The van der Waals surface area contributed by atoms with Gasteiger partial charge < -0.3 is 19.9 Å². The number of rotatable bonds is 12. The Morgan fingerprint density at radius 2 is 1.76 bits per heavy atom. The van der Waals surface area contributed by atoms with Crippen LogP contribution in [0.2, 0.25) is 0 Å². The maximum atomic E-state index is 13.9. The zero-order chi connectivity index (χ0) is 29.7. The lowest BCUT2D eigenvalue weighted by Gasteiger charge is -2.30. The summed E-state index contributed by atoms with van der Waals surface area (Å²) in [4.78, 5) is 41.0. The number of benzene rings is 2. The monoisotopic (exact) mass is 561 g/mol. The zero-order valence-corrected chi connectivity index (χ0v) is 24.3. The van der Waals surface area contributed by atoms with Crippen LogP contribution in [0.4, 0.5) is 4.39 Å².